The van der Waals surface area contributed by atoms with E-state index in [0.717, 1.165) is 0 Å². The van der Waals surface area contributed by atoms with Crippen LogP contribution in [0.2, 0.25) is 0 Å². The van der Waals surface area contributed by atoms with Crippen LogP contribution < -0.4 is 0 Å². The molecule has 13 aromatic rings. The van der Waals surface area contributed by atoms with Crippen LogP contribution in [0.15, 0.2) is 231 Å². The van der Waals surface area contributed by atoms with Crippen LogP contribution in [0.5, 0.6) is 0 Å². The van der Waals surface area contributed by atoms with Gasteiger partial charge in [-0.2, -0.15) is 0 Å². The number of fused-ring (bicyclic) bond motifs is 7. The normalized spacial score (nSPS) is 11.9. The van der Waals surface area contributed by atoms with E-state index < -0.39 is 0 Å². The predicted octanol–water partition coefficient (Wildman–Crippen LogP) is 17.5. The minimum absolute atomic E-state index is 1.22. The lowest BCUT2D eigenvalue weighted by Crippen LogP contribution is -1.95. The molecule has 0 aliphatic rings. The molecule has 0 heterocycles. The quantitative estimate of drug-likeness (QED) is 0.120. The van der Waals surface area contributed by atoms with E-state index in [1.807, 2.05) is 0 Å². The second-order valence-corrected chi connectivity index (χ2v) is 16.6. The van der Waals surface area contributed by atoms with Crippen molar-refractivity contribution in [2.45, 2.75) is 0 Å². The van der Waals surface area contributed by atoms with Crippen molar-refractivity contribution >= 4 is 75.4 Å². The SMILES string of the molecule is c1ccc(-c2ccccc2-c2ccc(-c3c4ccccc4c4c5ccc(-c6ccccc6-c6ccccc6)c6cc7ccccc7c(c7cccc3c74)c65)c3ccccc23)cc1. The lowest BCUT2D eigenvalue weighted by Gasteiger charge is -2.23. The monoisotopic (exact) mass is 782 g/mol. The fraction of sp³-hybridized carbons (Fsp3) is 0. The Hall–Kier alpha value is -8.06. The van der Waals surface area contributed by atoms with Gasteiger partial charge in [-0.15, -0.1) is 0 Å². The van der Waals surface area contributed by atoms with Crippen molar-refractivity contribution in [3.8, 4) is 55.6 Å². The summed E-state index contributed by atoms with van der Waals surface area (Å²) in [6.45, 7) is 0. The lowest BCUT2D eigenvalue weighted by molar-refractivity contribution is 1.60. The van der Waals surface area contributed by atoms with Crippen LogP contribution >= 0.6 is 0 Å². The summed E-state index contributed by atoms with van der Waals surface area (Å²) in [7, 11) is 0. The molecule has 0 nitrogen and oxygen atoms in total. The standard InChI is InChI=1S/C62H38/c1-3-18-39(19-4-1)42-23-9-11-26-45(42)49-34-36-53(48-29-14-13-28-47(48)49)58-51-30-15-16-31-52(51)60-56-37-35-50(46-27-12-10-24-43(46)40-20-5-2-6-21-40)57-38-41-22-7-8-25-44(41)59(62(56)57)55-33-17-32-54(58)61(55)60/h1-38H. The first-order valence-electron chi connectivity index (χ1n) is 21.6. The highest BCUT2D eigenvalue weighted by Gasteiger charge is 2.24. The Morgan fingerprint density at radius 3 is 1.26 bits per heavy atom. The molecule has 0 N–H and O–H groups in total. The van der Waals surface area contributed by atoms with Crippen molar-refractivity contribution in [3.05, 3.63) is 231 Å². The molecule has 13 rings (SSSR count). The van der Waals surface area contributed by atoms with Crippen LogP contribution in [0.1, 0.15) is 0 Å². The summed E-state index contributed by atoms with van der Waals surface area (Å²) in [5.74, 6) is 0. The van der Waals surface area contributed by atoms with Crippen LogP contribution in [0.25, 0.3) is 131 Å². The maximum atomic E-state index is 2.44. The minimum Gasteiger partial charge on any atom is -0.0622 e. The molecule has 0 radical (unpaired) electrons. The third-order valence-electron chi connectivity index (χ3n) is 13.4. The number of rotatable bonds is 5. The average Bonchev–Trinajstić information content (AvgIpc) is 3.35. The first-order valence-corrected chi connectivity index (χ1v) is 21.6. The van der Waals surface area contributed by atoms with Crippen LogP contribution in [-0.4, -0.2) is 0 Å². The van der Waals surface area contributed by atoms with Gasteiger partial charge < -0.3 is 0 Å². The van der Waals surface area contributed by atoms with Crippen LogP contribution in [0.3, 0.4) is 0 Å². The molecule has 0 atom stereocenters. The van der Waals surface area contributed by atoms with E-state index in [9.17, 15) is 0 Å². The van der Waals surface area contributed by atoms with Crippen LogP contribution in [0, 0.1) is 0 Å². The fourth-order valence-electron chi connectivity index (χ4n) is 10.8. The zero-order valence-corrected chi connectivity index (χ0v) is 33.9. The van der Waals surface area contributed by atoms with E-state index in [-0.39, 0.29) is 0 Å². The largest absolute Gasteiger partial charge is 0.0622 e. The predicted molar refractivity (Wildman–Crippen MR) is 267 cm³/mol. The van der Waals surface area contributed by atoms with Gasteiger partial charge in [-0.25, -0.2) is 0 Å². The minimum atomic E-state index is 1.22. The average molecular weight is 783 g/mol. The first-order chi connectivity index (χ1) is 30.8. The molecule has 0 amide bonds. The van der Waals surface area contributed by atoms with Gasteiger partial charge in [0.2, 0.25) is 0 Å². The molecule has 0 saturated carbocycles. The molecule has 0 aliphatic carbocycles. The summed E-state index contributed by atoms with van der Waals surface area (Å²) in [5, 5.41) is 18.1. The second kappa shape index (κ2) is 13.7. The molecule has 286 valence electrons. The van der Waals surface area contributed by atoms with Crippen molar-refractivity contribution in [1.29, 1.82) is 0 Å². The third kappa shape index (κ3) is 5.08. The summed E-state index contributed by atoms with van der Waals surface area (Å²) in [6, 6.07) is 85.5. The molecule has 0 saturated heterocycles. The Balaban J connectivity index is 1.15. The zero-order valence-electron chi connectivity index (χ0n) is 33.9. The van der Waals surface area contributed by atoms with Gasteiger partial charge in [0.05, 0.1) is 0 Å². The molecule has 0 unspecified atom stereocenters. The fourth-order valence-corrected chi connectivity index (χ4v) is 10.8. The van der Waals surface area contributed by atoms with E-state index in [0.29, 0.717) is 0 Å². The molecular weight excluding hydrogens is 745 g/mol. The van der Waals surface area contributed by atoms with Gasteiger partial charge in [0.1, 0.15) is 0 Å². The summed E-state index contributed by atoms with van der Waals surface area (Å²) < 4.78 is 0. The Labute approximate surface area is 359 Å². The number of benzene rings is 13. The van der Waals surface area contributed by atoms with Crippen molar-refractivity contribution in [3.63, 3.8) is 0 Å². The summed E-state index contributed by atoms with van der Waals surface area (Å²) in [5.41, 5.74) is 12.5. The van der Waals surface area contributed by atoms with Gasteiger partial charge >= 0.3 is 0 Å². The molecule has 0 fully saturated rings. The zero-order chi connectivity index (χ0) is 40.7. The van der Waals surface area contributed by atoms with Crippen LogP contribution in [-0.2, 0) is 0 Å². The second-order valence-electron chi connectivity index (χ2n) is 16.6. The van der Waals surface area contributed by atoms with Gasteiger partial charge in [-0.05, 0) is 137 Å². The molecule has 13 aromatic carbocycles. The molecule has 0 heteroatoms. The molecule has 0 bridgehead atoms. The van der Waals surface area contributed by atoms with E-state index >= 15 is 0 Å². The lowest BCUT2D eigenvalue weighted by atomic mass is 9.80. The third-order valence-corrected chi connectivity index (χ3v) is 13.4. The van der Waals surface area contributed by atoms with Gasteiger partial charge in [0.25, 0.3) is 0 Å². The Bertz CT molecular complexity index is 3890. The Kier molecular flexibility index (Phi) is 7.71. The molecule has 0 aliphatic heterocycles. The number of hydrogen-bond acceptors (Lipinski definition) is 0. The molecule has 0 spiro atoms. The first kappa shape index (κ1) is 34.8. The maximum Gasteiger partial charge on any atom is -0.00134 e. The maximum absolute atomic E-state index is 2.44. The van der Waals surface area contributed by atoms with E-state index in [2.05, 4.69) is 231 Å². The summed E-state index contributed by atoms with van der Waals surface area (Å²) in [6.07, 6.45) is 0. The van der Waals surface area contributed by atoms with E-state index in [1.54, 1.807) is 0 Å². The highest BCUT2D eigenvalue weighted by Crippen LogP contribution is 2.52. The topological polar surface area (TPSA) is 0 Å². The van der Waals surface area contributed by atoms with Gasteiger partial charge in [-0.1, -0.05) is 224 Å². The van der Waals surface area contributed by atoms with E-state index in [1.165, 1.54) is 131 Å². The van der Waals surface area contributed by atoms with Gasteiger partial charge in [0.15, 0.2) is 0 Å². The van der Waals surface area contributed by atoms with Crippen molar-refractivity contribution in [2.24, 2.45) is 0 Å². The smallest absolute Gasteiger partial charge is 0.00134 e. The molecular formula is C62H38. The van der Waals surface area contributed by atoms with Crippen LogP contribution in [0.4, 0.5) is 0 Å². The van der Waals surface area contributed by atoms with Crippen molar-refractivity contribution < 1.29 is 0 Å². The summed E-state index contributed by atoms with van der Waals surface area (Å²) >= 11 is 0. The van der Waals surface area contributed by atoms with Crippen molar-refractivity contribution in [2.75, 3.05) is 0 Å². The van der Waals surface area contributed by atoms with E-state index in [4.69, 9.17) is 0 Å². The Morgan fingerprint density at radius 1 is 0.177 bits per heavy atom. The highest BCUT2D eigenvalue weighted by molar-refractivity contribution is 6.44. The van der Waals surface area contributed by atoms with Gasteiger partial charge in [-0.3, -0.25) is 0 Å². The van der Waals surface area contributed by atoms with Crippen molar-refractivity contribution in [1.82, 2.24) is 0 Å². The molecule has 0 aromatic heterocycles. The van der Waals surface area contributed by atoms with Gasteiger partial charge in [0, 0.05) is 0 Å². The number of hydrogen-bond donors (Lipinski definition) is 0. The summed E-state index contributed by atoms with van der Waals surface area (Å²) in [4.78, 5) is 0. The highest BCUT2D eigenvalue weighted by atomic mass is 14.3. The Morgan fingerprint density at radius 2 is 0.581 bits per heavy atom. The molecule has 62 heavy (non-hydrogen) atoms.